The van der Waals surface area contributed by atoms with Gasteiger partial charge < -0.3 is 14.7 Å². The van der Waals surface area contributed by atoms with Crippen molar-refractivity contribution in [2.45, 2.75) is 6.10 Å². The third-order valence-corrected chi connectivity index (χ3v) is 2.87. The van der Waals surface area contributed by atoms with Crippen molar-refractivity contribution in [3.63, 3.8) is 0 Å². The highest BCUT2D eigenvalue weighted by Crippen LogP contribution is 2.19. The molecule has 1 aromatic heterocycles. The molecule has 1 atom stereocenters. The van der Waals surface area contributed by atoms with Crippen LogP contribution in [-0.2, 0) is 4.74 Å². The molecule has 0 unspecified atom stereocenters. The highest BCUT2D eigenvalue weighted by atomic mass is 79.9. The van der Waals surface area contributed by atoms with Crippen LogP contribution in [0.2, 0.25) is 0 Å². The fourth-order valence-electron chi connectivity index (χ4n) is 1.60. The van der Waals surface area contributed by atoms with Crippen molar-refractivity contribution >= 4 is 21.7 Å². The minimum absolute atomic E-state index is 0.0600. The Morgan fingerprint density at radius 1 is 1.67 bits per heavy atom. The van der Waals surface area contributed by atoms with E-state index in [1.165, 1.54) is 0 Å². The first-order chi connectivity index (χ1) is 7.29. The van der Waals surface area contributed by atoms with Crippen molar-refractivity contribution in [3.05, 3.63) is 22.8 Å². The Bertz CT molecular complexity index is 335. The Labute approximate surface area is 97.0 Å². The number of morpholine rings is 1. The van der Waals surface area contributed by atoms with E-state index in [0.29, 0.717) is 13.2 Å². The lowest BCUT2D eigenvalue weighted by Gasteiger charge is -2.32. The van der Waals surface area contributed by atoms with Crippen LogP contribution in [-0.4, -0.2) is 42.5 Å². The van der Waals surface area contributed by atoms with Crippen LogP contribution in [0.1, 0.15) is 0 Å². The van der Waals surface area contributed by atoms with Gasteiger partial charge >= 0.3 is 0 Å². The van der Waals surface area contributed by atoms with Crippen LogP contribution in [0.25, 0.3) is 0 Å². The fraction of sp³-hybridized carbons (Fsp3) is 0.500. The Balaban J connectivity index is 2.09. The van der Waals surface area contributed by atoms with Crippen LogP contribution < -0.4 is 4.90 Å². The Hall–Kier alpha value is -0.650. The Kier molecular flexibility index (Phi) is 3.56. The van der Waals surface area contributed by atoms with Gasteiger partial charge in [0.25, 0.3) is 0 Å². The molecular formula is C10H13BrN2O2. The molecule has 1 aromatic rings. The molecule has 0 spiro atoms. The molecular weight excluding hydrogens is 260 g/mol. The predicted octanol–water partition coefficient (Wildman–Crippen LogP) is 1.04. The van der Waals surface area contributed by atoms with Gasteiger partial charge in [-0.15, -0.1) is 0 Å². The van der Waals surface area contributed by atoms with E-state index in [1.807, 2.05) is 12.1 Å². The zero-order valence-electron chi connectivity index (χ0n) is 8.27. The van der Waals surface area contributed by atoms with Crippen LogP contribution in [0.15, 0.2) is 22.8 Å². The topological polar surface area (TPSA) is 45.6 Å². The SMILES string of the molecule is OC[C@H]1CN(c2cc(Br)ccn2)CCO1. The first kappa shape index (κ1) is 10.9. The van der Waals surface area contributed by atoms with Crippen LogP contribution in [0.4, 0.5) is 5.82 Å². The number of aliphatic hydroxyl groups is 1. The molecule has 2 heterocycles. The van der Waals surface area contributed by atoms with Gasteiger partial charge in [0.05, 0.1) is 19.3 Å². The second-order valence-corrected chi connectivity index (χ2v) is 4.37. The number of nitrogens with zero attached hydrogens (tertiary/aromatic N) is 2. The van der Waals surface area contributed by atoms with E-state index in [9.17, 15) is 0 Å². The molecule has 0 saturated carbocycles. The average Bonchev–Trinajstić information content (AvgIpc) is 2.29. The number of anilines is 1. The summed E-state index contributed by atoms with van der Waals surface area (Å²) in [5, 5.41) is 9.03. The molecule has 1 saturated heterocycles. The minimum atomic E-state index is -0.0977. The van der Waals surface area contributed by atoms with E-state index in [1.54, 1.807) is 6.20 Å². The summed E-state index contributed by atoms with van der Waals surface area (Å²) in [6.07, 6.45) is 1.67. The van der Waals surface area contributed by atoms with Gasteiger partial charge in [0.1, 0.15) is 5.82 Å². The quantitative estimate of drug-likeness (QED) is 0.874. The van der Waals surface area contributed by atoms with Gasteiger partial charge in [0.15, 0.2) is 0 Å². The molecule has 0 bridgehead atoms. The van der Waals surface area contributed by atoms with E-state index in [-0.39, 0.29) is 12.7 Å². The van der Waals surface area contributed by atoms with Crippen LogP contribution in [0, 0.1) is 0 Å². The third-order valence-electron chi connectivity index (χ3n) is 2.37. The van der Waals surface area contributed by atoms with Gasteiger partial charge in [-0.1, -0.05) is 15.9 Å². The Morgan fingerprint density at radius 2 is 2.53 bits per heavy atom. The molecule has 15 heavy (non-hydrogen) atoms. The molecule has 5 heteroatoms. The van der Waals surface area contributed by atoms with Crippen molar-refractivity contribution < 1.29 is 9.84 Å². The van der Waals surface area contributed by atoms with E-state index >= 15 is 0 Å². The number of ether oxygens (including phenoxy) is 1. The molecule has 1 N–H and O–H groups in total. The Morgan fingerprint density at radius 3 is 3.27 bits per heavy atom. The summed E-state index contributed by atoms with van der Waals surface area (Å²) in [7, 11) is 0. The van der Waals surface area contributed by atoms with E-state index in [0.717, 1.165) is 16.8 Å². The maximum Gasteiger partial charge on any atom is 0.129 e. The highest BCUT2D eigenvalue weighted by molar-refractivity contribution is 9.10. The summed E-state index contributed by atoms with van der Waals surface area (Å²) in [5.74, 6) is 0.922. The van der Waals surface area contributed by atoms with Gasteiger partial charge in [-0.25, -0.2) is 4.98 Å². The van der Waals surface area contributed by atoms with Crippen molar-refractivity contribution in [3.8, 4) is 0 Å². The smallest absolute Gasteiger partial charge is 0.129 e. The van der Waals surface area contributed by atoms with Gasteiger partial charge in [0, 0.05) is 23.8 Å². The van der Waals surface area contributed by atoms with Crippen molar-refractivity contribution in [2.75, 3.05) is 31.2 Å². The number of rotatable bonds is 2. The second-order valence-electron chi connectivity index (χ2n) is 3.45. The van der Waals surface area contributed by atoms with Gasteiger partial charge in [-0.05, 0) is 12.1 Å². The summed E-state index contributed by atoms with van der Waals surface area (Å²) in [6.45, 7) is 2.21. The predicted molar refractivity (Wildman–Crippen MR) is 61.0 cm³/mol. The van der Waals surface area contributed by atoms with Crippen LogP contribution >= 0.6 is 15.9 Å². The van der Waals surface area contributed by atoms with Gasteiger partial charge in [-0.3, -0.25) is 0 Å². The van der Waals surface area contributed by atoms with Crippen molar-refractivity contribution in [2.24, 2.45) is 0 Å². The number of pyridine rings is 1. The highest BCUT2D eigenvalue weighted by Gasteiger charge is 2.20. The number of aliphatic hydroxyl groups excluding tert-OH is 1. The van der Waals surface area contributed by atoms with E-state index < -0.39 is 0 Å². The first-order valence-electron chi connectivity index (χ1n) is 4.88. The summed E-state index contributed by atoms with van der Waals surface area (Å²) in [5.41, 5.74) is 0. The lowest BCUT2D eigenvalue weighted by atomic mass is 10.3. The minimum Gasteiger partial charge on any atom is -0.394 e. The lowest BCUT2D eigenvalue weighted by Crippen LogP contribution is -2.44. The molecule has 0 radical (unpaired) electrons. The fourth-order valence-corrected chi connectivity index (χ4v) is 1.93. The van der Waals surface area contributed by atoms with Crippen LogP contribution in [0.3, 0.4) is 0 Å². The summed E-state index contributed by atoms with van der Waals surface area (Å²) in [4.78, 5) is 6.41. The monoisotopic (exact) mass is 272 g/mol. The average molecular weight is 273 g/mol. The molecule has 0 aromatic carbocycles. The molecule has 82 valence electrons. The molecule has 4 nitrogen and oxygen atoms in total. The number of hydrogen-bond donors (Lipinski definition) is 1. The summed E-state index contributed by atoms with van der Waals surface area (Å²) < 4.78 is 6.39. The normalized spacial score (nSPS) is 21.7. The summed E-state index contributed by atoms with van der Waals surface area (Å²) >= 11 is 3.41. The van der Waals surface area contributed by atoms with E-state index in [2.05, 4.69) is 25.8 Å². The molecule has 1 aliphatic heterocycles. The lowest BCUT2D eigenvalue weighted by molar-refractivity contribution is 0.00336. The molecule has 0 aliphatic carbocycles. The van der Waals surface area contributed by atoms with Crippen molar-refractivity contribution in [1.82, 2.24) is 4.98 Å². The maximum absolute atomic E-state index is 9.03. The largest absolute Gasteiger partial charge is 0.394 e. The standard InChI is InChI=1S/C10H13BrN2O2/c11-8-1-2-12-10(5-8)13-3-4-15-9(6-13)7-14/h1-2,5,9,14H,3-4,6-7H2/t9-/m1/s1. The number of aromatic nitrogens is 1. The molecule has 1 aliphatic rings. The molecule has 0 amide bonds. The molecule has 2 rings (SSSR count). The third kappa shape index (κ3) is 2.68. The van der Waals surface area contributed by atoms with E-state index in [4.69, 9.17) is 9.84 Å². The molecule has 1 fully saturated rings. The summed E-state index contributed by atoms with van der Waals surface area (Å²) in [6, 6.07) is 3.87. The first-order valence-corrected chi connectivity index (χ1v) is 5.68. The number of hydrogen-bond acceptors (Lipinski definition) is 4. The van der Waals surface area contributed by atoms with Gasteiger partial charge in [0.2, 0.25) is 0 Å². The zero-order chi connectivity index (χ0) is 10.7. The second kappa shape index (κ2) is 4.92. The zero-order valence-corrected chi connectivity index (χ0v) is 9.85. The van der Waals surface area contributed by atoms with Crippen LogP contribution in [0.5, 0.6) is 0 Å². The number of halogens is 1. The van der Waals surface area contributed by atoms with Gasteiger partial charge in [-0.2, -0.15) is 0 Å². The maximum atomic E-state index is 9.03. The van der Waals surface area contributed by atoms with Crippen molar-refractivity contribution in [1.29, 1.82) is 0 Å².